The van der Waals surface area contributed by atoms with Crippen molar-refractivity contribution in [1.29, 1.82) is 0 Å². The molecule has 2 aromatic carbocycles. The van der Waals surface area contributed by atoms with Gasteiger partial charge < -0.3 is 5.73 Å². The molecule has 2 heterocycles. The highest BCUT2D eigenvalue weighted by Gasteiger charge is 2.47. The standard InChI is InChI=1S/C21H18N4O2S2/c1-12-7-3-5-9-15(12)24-18(26)17(14-11-29-20(22)23-14)19(27)25(21(24)28)16-10-6-4-8-13(16)2/h3-11,17H,1-2H3,(H2,22,23). The van der Waals surface area contributed by atoms with Crippen LogP contribution in [-0.4, -0.2) is 21.9 Å². The Morgan fingerprint density at radius 3 is 1.83 bits per heavy atom. The minimum Gasteiger partial charge on any atom is -0.375 e. The van der Waals surface area contributed by atoms with Crippen LogP contribution in [0.1, 0.15) is 22.7 Å². The molecule has 1 aliphatic rings. The fourth-order valence-corrected chi connectivity index (χ4v) is 4.38. The van der Waals surface area contributed by atoms with Gasteiger partial charge in [-0.2, -0.15) is 0 Å². The third-order valence-corrected chi connectivity index (χ3v) is 5.92. The summed E-state index contributed by atoms with van der Waals surface area (Å²) < 4.78 is 0. The monoisotopic (exact) mass is 422 g/mol. The summed E-state index contributed by atoms with van der Waals surface area (Å²) in [5.41, 5.74) is 9.14. The number of hydrogen-bond donors (Lipinski definition) is 1. The summed E-state index contributed by atoms with van der Waals surface area (Å²) in [6, 6.07) is 14.9. The van der Waals surface area contributed by atoms with Crippen molar-refractivity contribution in [2.45, 2.75) is 19.8 Å². The van der Waals surface area contributed by atoms with Crippen molar-refractivity contribution in [1.82, 2.24) is 4.98 Å². The van der Waals surface area contributed by atoms with Gasteiger partial charge in [-0.1, -0.05) is 36.4 Å². The molecule has 0 aliphatic carbocycles. The van der Waals surface area contributed by atoms with Gasteiger partial charge in [-0.15, -0.1) is 11.3 Å². The molecule has 2 amide bonds. The molecule has 1 aromatic heterocycles. The molecular weight excluding hydrogens is 404 g/mol. The van der Waals surface area contributed by atoms with Gasteiger partial charge in [-0.3, -0.25) is 19.4 Å². The zero-order valence-corrected chi connectivity index (χ0v) is 17.5. The first-order valence-corrected chi connectivity index (χ1v) is 10.2. The van der Waals surface area contributed by atoms with Crippen LogP contribution in [0.5, 0.6) is 0 Å². The van der Waals surface area contributed by atoms with Crippen LogP contribution in [0.25, 0.3) is 0 Å². The van der Waals surface area contributed by atoms with Crippen molar-refractivity contribution in [3.63, 3.8) is 0 Å². The van der Waals surface area contributed by atoms with Crippen LogP contribution in [-0.2, 0) is 9.59 Å². The highest BCUT2D eigenvalue weighted by Crippen LogP contribution is 2.36. The number of benzene rings is 2. The molecule has 1 fully saturated rings. The normalized spacial score (nSPS) is 15.3. The minimum absolute atomic E-state index is 0.128. The van der Waals surface area contributed by atoms with Crippen molar-refractivity contribution >= 4 is 57.0 Å². The van der Waals surface area contributed by atoms with Gasteiger partial charge in [0.15, 0.2) is 16.2 Å². The van der Waals surface area contributed by atoms with E-state index in [0.717, 1.165) is 11.1 Å². The topological polar surface area (TPSA) is 79.5 Å². The van der Waals surface area contributed by atoms with Crippen LogP contribution in [0.2, 0.25) is 0 Å². The molecule has 29 heavy (non-hydrogen) atoms. The molecular formula is C21H18N4O2S2. The lowest BCUT2D eigenvalue weighted by atomic mass is 9.98. The molecule has 8 heteroatoms. The molecule has 0 spiro atoms. The van der Waals surface area contributed by atoms with Gasteiger partial charge in [0.25, 0.3) is 11.8 Å². The number of aromatic nitrogens is 1. The van der Waals surface area contributed by atoms with Gasteiger partial charge >= 0.3 is 0 Å². The lowest BCUT2D eigenvalue weighted by molar-refractivity contribution is -0.128. The fourth-order valence-electron chi connectivity index (χ4n) is 3.41. The van der Waals surface area contributed by atoms with Crippen LogP contribution in [0, 0.1) is 13.8 Å². The Balaban J connectivity index is 1.91. The SMILES string of the molecule is Cc1ccccc1N1C(=O)C(c2csc(N)n2)C(=O)N(c2ccccc2C)C1=S. The Bertz CT molecular complexity index is 1070. The highest BCUT2D eigenvalue weighted by atomic mass is 32.1. The number of carbonyl (C=O) groups is 2. The number of thiocarbonyl (C=S) groups is 1. The maximum Gasteiger partial charge on any atom is 0.252 e. The molecule has 0 radical (unpaired) electrons. The maximum absolute atomic E-state index is 13.5. The molecule has 2 N–H and O–H groups in total. The van der Waals surface area contributed by atoms with Crippen molar-refractivity contribution in [2.24, 2.45) is 0 Å². The van der Waals surface area contributed by atoms with Gasteiger partial charge in [-0.05, 0) is 49.3 Å². The number of thiazole rings is 1. The van der Waals surface area contributed by atoms with E-state index < -0.39 is 17.7 Å². The summed E-state index contributed by atoms with van der Waals surface area (Å²) >= 11 is 6.86. The highest BCUT2D eigenvalue weighted by molar-refractivity contribution is 7.81. The van der Waals surface area contributed by atoms with E-state index in [9.17, 15) is 9.59 Å². The Labute approximate surface area is 177 Å². The number of rotatable bonds is 3. The van der Waals surface area contributed by atoms with E-state index >= 15 is 0 Å². The van der Waals surface area contributed by atoms with Crippen LogP contribution in [0.3, 0.4) is 0 Å². The summed E-state index contributed by atoms with van der Waals surface area (Å²) in [6.07, 6.45) is 0. The van der Waals surface area contributed by atoms with E-state index in [0.29, 0.717) is 22.2 Å². The van der Waals surface area contributed by atoms with E-state index in [1.165, 1.54) is 21.1 Å². The molecule has 146 valence electrons. The second kappa shape index (κ2) is 7.38. The number of hydrogen-bond acceptors (Lipinski definition) is 6. The van der Waals surface area contributed by atoms with E-state index in [4.69, 9.17) is 18.0 Å². The van der Waals surface area contributed by atoms with Crippen molar-refractivity contribution < 1.29 is 9.59 Å². The molecule has 4 rings (SSSR count). The Morgan fingerprint density at radius 1 is 0.931 bits per heavy atom. The van der Waals surface area contributed by atoms with Crippen molar-refractivity contribution in [3.05, 3.63) is 70.7 Å². The zero-order chi connectivity index (χ0) is 20.7. The molecule has 3 aromatic rings. The Morgan fingerprint density at radius 2 is 1.41 bits per heavy atom. The van der Waals surface area contributed by atoms with Gasteiger partial charge in [0.1, 0.15) is 0 Å². The number of nitrogen functional groups attached to an aromatic ring is 1. The second-order valence-electron chi connectivity index (χ2n) is 6.75. The summed E-state index contributed by atoms with van der Waals surface area (Å²) in [5.74, 6) is -1.97. The Kier molecular flexibility index (Phi) is 4.89. The minimum atomic E-state index is -1.12. The van der Waals surface area contributed by atoms with Crippen molar-refractivity contribution in [2.75, 3.05) is 15.5 Å². The van der Waals surface area contributed by atoms with Gasteiger partial charge in [0.2, 0.25) is 0 Å². The molecule has 1 saturated heterocycles. The zero-order valence-electron chi connectivity index (χ0n) is 15.8. The largest absolute Gasteiger partial charge is 0.375 e. The van der Waals surface area contributed by atoms with Crippen LogP contribution >= 0.6 is 23.6 Å². The molecule has 6 nitrogen and oxygen atoms in total. The average Bonchev–Trinajstić information content (AvgIpc) is 3.10. The summed E-state index contributed by atoms with van der Waals surface area (Å²) in [4.78, 5) is 34.0. The molecule has 0 saturated carbocycles. The lowest BCUT2D eigenvalue weighted by Crippen LogP contribution is -2.59. The predicted molar refractivity (Wildman–Crippen MR) is 119 cm³/mol. The molecule has 0 bridgehead atoms. The van der Waals surface area contributed by atoms with Crippen molar-refractivity contribution in [3.8, 4) is 0 Å². The second-order valence-corrected chi connectivity index (χ2v) is 8.00. The first-order chi connectivity index (χ1) is 13.9. The van der Waals surface area contributed by atoms with Crippen LogP contribution in [0.15, 0.2) is 53.9 Å². The van der Waals surface area contributed by atoms with Gasteiger partial charge in [0.05, 0.1) is 17.1 Å². The number of para-hydroxylation sites is 2. The van der Waals surface area contributed by atoms with E-state index in [-0.39, 0.29) is 5.11 Å². The van der Waals surface area contributed by atoms with E-state index in [1.807, 2.05) is 62.4 Å². The summed E-state index contributed by atoms with van der Waals surface area (Å²) in [5, 5.41) is 2.08. The number of carbonyl (C=O) groups excluding carboxylic acids is 2. The van der Waals surface area contributed by atoms with Gasteiger partial charge in [-0.25, -0.2) is 4.98 Å². The third-order valence-electron chi connectivity index (χ3n) is 4.87. The Hall–Kier alpha value is -3.10. The number of aryl methyl sites for hydroxylation is 2. The number of anilines is 3. The third kappa shape index (κ3) is 3.20. The molecule has 0 unspecified atom stereocenters. The molecule has 1 aliphatic heterocycles. The van der Waals surface area contributed by atoms with E-state index in [1.54, 1.807) is 5.38 Å². The van der Waals surface area contributed by atoms with Crippen LogP contribution < -0.4 is 15.5 Å². The first kappa shape index (κ1) is 19.2. The predicted octanol–water partition coefficient (Wildman–Crippen LogP) is 3.79. The number of nitrogens with two attached hydrogens (primary N) is 1. The lowest BCUT2D eigenvalue weighted by Gasteiger charge is -2.39. The van der Waals surface area contributed by atoms with Gasteiger partial charge in [0, 0.05) is 5.38 Å². The average molecular weight is 423 g/mol. The number of amides is 2. The number of nitrogens with zero attached hydrogens (tertiary/aromatic N) is 3. The quantitative estimate of drug-likeness (QED) is 0.513. The van der Waals surface area contributed by atoms with E-state index in [2.05, 4.69) is 4.98 Å². The van der Waals surface area contributed by atoms with Crippen LogP contribution in [0.4, 0.5) is 16.5 Å². The summed E-state index contributed by atoms with van der Waals surface area (Å²) in [6.45, 7) is 3.80. The first-order valence-electron chi connectivity index (χ1n) is 8.94. The molecule has 0 atom stereocenters. The smallest absolute Gasteiger partial charge is 0.252 e. The fraction of sp³-hybridized carbons (Fsp3) is 0.143. The summed E-state index contributed by atoms with van der Waals surface area (Å²) in [7, 11) is 0. The maximum atomic E-state index is 13.5.